The fourth-order valence-electron chi connectivity index (χ4n) is 2.92. The summed E-state index contributed by atoms with van der Waals surface area (Å²) in [5.74, 6) is 0.0120. The largest absolute Gasteiger partial charge is 0.493 e. The van der Waals surface area contributed by atoms with Crippen molar-refractivity contribution < 1.29 is 23.8 Å². The van der Waals surface area contributed by atoms with Crippen LogP contribution in [0.4, 0.5) is 5.69 Å². The maximum atomic E-state index is 12.9. The second-order valence-electron chi connectivity index (χ2n) is 7.54. The highest BCUT2D eigenvalue weighted by molar-refractivity contribution is 5.99. The third kappa shape index (κ3) is 7.15. The highest BCUT2D eigenvalue weighted by Crippen LogP contribution is 2.27. The molecule has 0 aliphatic rings. The minimum Gasteiger partial charge on any atom is -0.493 e. The third-order valence-electron chi connectivity index (χ3n) is 4.30. The number of rotatable bonds is 12. The quantitative estimate of drug-likeness (QED) is 0.407. The molecule has 1 amide bonds. The summed E-state index contributed by atoms with van der Waals surface area (Å²) in [5, 5.41) is 2.88. The molecular weight excluding hydrogens is 358 g/mol. The van der Waals surface area contributed by atoms with Crippen LogP contribution in [0.5, 0.6) is 5.75 Å². The molecule has 1 unspecified atom stereocenters. The van der Waals surface area contributed by atoms with Gasteiger partial charge in [0.15, 0.2) is 0 Å². The number of esters is 1. The first-order valence-corrected chi connectivity index (χ1v) is 10.1. The Balaban J connectivity index is 3.04. The van der Waals surface area contributed by atoms with E-state index in [-0.39, 0.29) is 11.5 Å². The van der Waals surface area contributed by atoms with Gasteiger partial charge in [0.05, 0.1) is 13.7 Å². The van der Waals surface area contributed by atoms with E-state index < -0.39 is 11.6 Å². The van der Waals surface area contributed by atoms with Crippen LogP contribution in [-0.2, 0) is 14.3 Å². The highest BCUT2D eigenvalue weighted by atomic mass is 16.5. The van der Waals surface area contributed by atoms with Crippen LogP contribution < -0.4 is 10.1 Å². The van der Waals surface area contributed by atoms with Gasteiger partial charge < -0.3 is 19.5 Å². The molecule has 0 aliphatic carbocycles. The monoisotopic (exact) mass is 393 g/mol. The van der Waals surface area contributed by atoms with Crippen LogP contribution in [0.2, 0.25) is 0 Å². The van der Waals surface area contributed by atoms with Crippen molar-refractivity contribution in [2.45, 2.75) is 65.9 Å². The Hall–Kier alpha value is -2.08. The first kappa shape index (κ1) is 24.0. The number of ether oxygens (including phenoxy) is 3. The van der Waals surface area contributed by atoms with Crippen molar-refractivity contribution >= 4 is 17.6 Å². The van der Waals surface area contributed by atoms with E-state index >= 15 is 0 Å². The molecular formula is C22H35NO5. The molecule has 0 heterocycles. The molecule has 1 rings (SSSR count). The minimum atomic E-state index is -0.939. The van der Waals surface area contributed by atoms with Crippen molar-refractivity contribution in [3.63, 3.8) is 0 Å². The Labute approximate surface area is 168 Å². The van der Waals surface area contributed by atoms with Crippen LogP contribution in [0.1, 0.15) is 70.7 Å². The fraction of sp³-hybridized carbons (Fsp3) is 0.636. The third-order valence-corrected chi connectivity index (χ3v) is 4.30. The molecule has 0 aliphatic heterocycles. The van der Waals surface area contributed by atoms with Gasteiger partial charge in [-0.2, -0.15) is 0 Å². The van der Waals surface area contributed by atoms with E-state index in [1.165, 1.54) is 7.11 Å². The van der Waals surface area contributed by atoms with Gasteiger partial charge in [-0.25, -0.2) is 4.79 Å². The molecule has 0 aromatic heterocycles. The van der Waals surface area contributed by atoms with E-state index in [2.05, 4.69) is 26.1 Å². The highest BCUT2D eigenvalue weighted by Gasteiger charge is 2.35. The predicted molar refractivity (Wildman–Crippen MR) is 111 cm³/mol. The molecule has 0 fully saturated rings. The van der Waals surface area contributed by atoms with Crippen molar-refractivity contribution in [1.82, 2.24) is 0 Å². The van der Waals surface area contributed by atoms with Crippen molar-refractivity contribution in [3.05, 3.63) is 23.8 Å². The van der Waals surface area contributed by atoms with E-state index in [4.69, 9.17) is 14.2 Å². The average Bonchev–Trinajstić information content (AvgIpc) is 2.66. The number of carbonyl (C=O) groups is 2. The van der Waals surface area contributed by atoms with Gasteiger partial charge in [-0.05, 0) is 50.3 Å². The Morgan fingerprint density at radius 3 is 2.43 bits per heavy atom. The number of benzene rings is 1. The number of unbranched alkanes of at least 4 members (excludes halogenated alkanes) is 1. The first-order valence-electron chi connectivity index (χ1n) is 10.1. The molecule has 0 saturated carbocycles. The first-order chi connectivity index (χ1) is 13.3. The van der Waals surface area contributed by atoms with Crippen LogP contribution in [0.3, 0.4) is 0 Å². The fourth-order valence-corrected chi connectivity index (χ4v) is 2.92. The molecule has 6 heteroatoms. The Morgan fingerprint density at radius 1 is 1.14 bits per heavy atom. The average molecular weight is 394 g/mol. The van der Waals surface area contributed by atoms with Crippen molar-refractivity contribution in [1.29, 1.82) is 0 Å². The topological polar surface area (TPSA) is 73.9 Å². The maximum absolute atomic E-state index is 12.9. The molecule has 1 N–H and O–H groups in total. The SMILES string of the molecule is CCCCOc1ccc(NC(=O)C(C)(CC(C)C)OCCC)cc1C(=O)OC. The molecule has 158 valence electrons. The van der Waals surface area contributed by atoms with Crippen LogP contribution >= 0.6 is 0 Å². The molecule has 1 aromatic carbocycles. The van der Waals surface area contributed by atoms with Gasteiger partial charge in [-0.3, -0.25) is 4.79 Å². The molecule has 0 spiro atoms. The lowest BCUT2D eigenvalue weighted by atomic mass is 9.93. The summed E-state index contributed by atoms with van der Waals surface area (Å²) in [5.41, 5.74) is -0.147. The number of amides is 1. The molecule has 0 radical (unpaired) electrons. The van der Waals surface area contributed by atoms with E-state index in [9.17, 15) is 9.59 Å². The van der Waals surface area contributed by atoms with E-state index in [0.29, 0.717) is 37.0 Å². The van der Waals surface area contributed by atoms with Gasteiger partial charge in [-0.1, -0.05) is 34.1 Å². The summed E-state index contributed by atoms with van der Waals surface area (Å²) >= 11 is 0. The summed E-state index contributed by atoms with van der Waals surface area (Å²) in [6, 6.07) is 4.99. The molecule has 1 atom stereocenters. The van der Waals surface area contributed by atoms with E-state index in [1.807, 2.05) is 6.92 Å². The lowest BCUT2D eigenvalue weighted by Gasteiger charge is -2.30. The second-order valence-corrected chi connectivity index (χ2v) is 7.54. The number of hydrogen-bond donors (Lipinski definition) is 1. The van der Waals surface area contributed by atoms with Crippen molar-refractivity contribution in [2.24, 2.45) is 5.92 Å². The van der Waals surface area contributed by atoms with E-state index in [1.54, 1.807) is 25.1 Å². The van der Waals surface area contributed by atoms with Gasteiger partial charge >= 0.3 is 5.97 Å². The second kappa shape index (κ2) is 11.7. The summed E-state index contributed by atoms with van der Waals surface area (Å²) in [6.45, 7) is 11.0. The van der Waals surface area contributed by atoms with Crippen LogP contribution in [0, 0.1) is 5.92 Å². The Kier molecular flexibility index (Phi) is 10.0. The number of hydrogen-bond acceptors (Lipinski definition) is 5. The van der Waals surface area contributed by atoms with Crippen LogP contribution in [-0.4, -0.2) is 37.8 Å². The molecule has 28 heavy (non-hydrogen) atoms. The number of methoxy groups -OCH3 is 1. The van der Waals surface area contributed by atoms with Gasteiger partial charge in [0.2, 0.25) is 0 Å². The van der Waals surface area contributed by atoms with Gasteiger partial charge in [0.1, 0.15) is 16.9 Å². The summed E-state index contributed by atoms with van der Waals surface area (Å²) < 4.78 is 16.4. The lowest BCUT2D eigenvalue weighted by molar-refractivity contribution is -0.141. The molecule has 6 nitrogen and oxygen atoms in total. The number of carbonyl (C=O) groups excluding carboxylic acids is 2. The van der Waals surface area contributed by atoms with Crippen LogP contribution in [0.25, 0.3) is 0 Å². The molecule has 0 saturated heterocycles. The molecule has 1 aromatic rings. The zero-order valence-electron chi connectivity index (χ0n) is 18.1. The van der Waals surface area contributed by atoms with Crippen molar-refractivity contribution in [3.8, 4) is 5.75 Å². The standard InChI is InChI=1S/C22H35NO5/c1-7-9-13-27-19-11-10-17(14-18(19)20(24)26-6)23-21(25)22(5,15-16(3)4)28-12-8-2/h10-11,14,16H,7-9,12-13,15H2,1-6H3,(H,23,25). The summed E-state index contributed by atoms with van der Waals surface area (Å²) in [6.07, 6.45) is 3.31. The zero-order chi connectivity index (χ0) is 21.2. The Morgan fingerprint density at radius 2 is 1.86 bits per heavy atom. The number of anilines is 1. The Bertz CT molecular complexity index is 644. The van der Waals surface area contributed by atoms with Crippen LogP contribution in [0.15, 0.2) is 18.2 Å². The van der Waals surface area contributed by atoms with Crippen molar-refractivity contribution in [2.75, 3.05) is 25.6 Å². The van der Waals surface area contributed by atoms with Gasteiger partial charge in [0.25, 0.3) is 5.91 Å². The smallest absolute Gasteiger partial charge is 0.341 e. The predicted octanol–water partition coefficient (Wildman–Crippen LogP) is 4.82. The normalized spacial score (nSPS) is 13.1. The zero-order valence-corrected chi connectivity index (χ0v) is 18.1. The van der Waals surface area contributed by atoms with E-state index in [0.717, 1.165) is 19.3 Å². The minimum absolute atomic E-state index is 0.231. The lowest BCUT2D eigenvalue weighted by Crippen LogP contribution is -2.44. The summed E-state index contributed by atoms with van der Waals surface area (Å²) in [7, 11) is 1.32. The molecule has 0 bridgehead atoms. The van der Waals surface area contributed by atoms with Gasteiger partial charge in [0, 0.05) is 12.3 Å². The van der Waals surface area contributed by atoms with Gasteiger partial charge in [-0.15, -0.1) is 0 Å². The summed E-state index contributed by atoms with van der Waals surface area (Å²) in [4.78, 5) is 25.1. The number of nitrogens with one attached hydrogen (secondary N) is 1. The maximum Gasteiger partial charge on any atom is 0.341 e.